The highest BCUT2D eigenvalue weighted by Gasteiger charge is 2.06. The minimum absolute atomic E-state index is 0.139. The Kier molecular flexibility index (Phi) is 3.02. The molecule has 3 nitrogen and oxygen atoms in total. The molecular formula is C9H14N2O. The van der Waals surface area contributed by atoms with Gasteiger partial charge in [-0.2, -0.15) is 5.10 Å². The van der Waals surface area contributed by atoms with Crippen LogP contribution in [0.15, 0.2) is 18.5 Å². The van der Waals surface area contributed by atoms with Crippen LogP contribution in [0, 0.1) is 5.92 Å². The molecule has 1 aromatic heterocycles. The van der Waals surface area contributed by atoms with E-state index in [1.54, 1.807) is 10.9 Å². The van der Waals surface area contributed by atoms with E-state index in [1.165, 1.54) is 0 Å². The van der Waals surface area contributed by atoms with E-state index in [2.05, 4.69) is 5.10 Å². The first-order valence-electron chi connectivity index (χ1n) is 4.20. The summed E-state index contributed by atoms with van der Waals surface area (Å²) in [4.78, 5) is 11.2. The van der Waals surface area contributed by atoms with Gasteiger partial charge >= 0.3 is 0 Å². The van der Waals surface area contributed by atoms with Gasteiger partial charge in [-0.25, -0.2) is 0 Å². The highest BCUT2D eigenvalue weighted by molar-refractivity contribution is 5.80. The summed E-state index contributed by atoms with van der Waals surface area (Å²) in [5, 5.41) is 4.01. The minimum atomic E-state index is 0.139. The molecule has 12 heavy (non-hydrogen) atoms. The molecule has 0 fully saturated rings. The summed E-state index contributed by atoms with van der Waals surface area (Å²) in [7, 11) is 0. The molecule has 0 spiro atoms. The highest BCUT2D eigenvalue weighted by Crippen LogP contribution is 2.00. The first-order chi connectivity index (χ1) is 5.70. The number of aromatic nitrogens is 2. The predicted octanol–water partition coefficient (Wildman–Crippen LogP) is 1.50. The largest absolute Gasteiger partial charge is 0.299 e. The molecule has 0 aliphatic rings. The third kappa shape index (κ3) is 2.49. The lowest BCUT2D eigenvalue weighted by molar-refractivity contribution is -0.122. The average molecular weight is 166 g/mol. The van der Waals surface area contributed by atoms with Gasteiger partial charge in [0.15, 0.2) is 0 Å². The average Bonchev–Trinajstić information content (AvgIpc) is 2.51. The summed E-state index contributed by atoms with van der Waals surface area (Å²) in [5.74, 6) is 0.436. The highest BCUT2D eigenvalue weighted by atomic mass is 16.1. The van der Waals surface area contributed by atoms with E-state index in [1.807, 2.05) is 26.1 Å². The molecule has 0 atom stereocenters. The van der Waals surface area contributed by atoms with Crippen LogP contribution in [0.2, 0.25) is 0 Å². The van der Waals surface area contributed by atoms with E-state index in [4.69, 9.17) is 0 Å². The zero-order valence-corrected chi connectivity index (χ0v) is 7.53. The van der Waals surface area contributed by atoms with E-state index in [9.17, 15) is 4.79 Å². The van der Waals surface area contributed by atoms with Crippen molar-refractivity contribution in [1.82, 2.24) is 9.78 Å². The van der Waals surface area contributed by atoms with Gasteiger partial charge in [-0.3, -0.25) is 9.48 Å². The number of rotatable bonds is 4. The van der Waals surface area contributed by atoms with Gasteiger partial charge < -0.3 is 0 Å². The van der Waals surface area contributed by atoms with Crippen LogP contribution in [0.4, 0.5) is 0 Å². The van der Waals surface area contributed by atoms with E-state index < -0.39 is 0 Å². The molecule has 0 amide bonds. The van der Waals surface area contributed by atoms with Crippen molar-refractivity contribution in [2.45, 2.75) is 26.8 Å². The maximum Gasteiger partial charge on any atom is 0.137 e. The molecule has 0 bridgehead atoms. The Bertz CT molecular complexity index is 239. The molecule has 1 rings (SSSR count). The molecule has 0 saturated heterocycles. The number of carbonyl (C=O) groups excluding carboxylic acids is 1. The zero-order chi connectivity index (χ0) is 8.97. The molecule has 0 N–H and O–H groups in total. The zero-order valence-electron chi connectivity index (χ0n) is 7.53. The molecule has 1 heterocycles. The van der Waals surface area contributed by atoms with Crippen molar-refractivity contribution in [1.29, 1.82) is 0 Å². The second-order valence-corrected chi connectivity index (χ2v) is 3.14. The van der Waals surface area contributed by atoms with Crippen LogP contribution in [-0.4, -0.2) is 15.6 Å². The topological polar surface area (TPSA) is 34.9 Å². The number of nitrogens with zero attached hydrogens (tertiary/aromatic N) is 2. The quantitative estimate of drug-likeness (QED) is 0.679. The van der Waals surface area contributed by atoms with Gasteiger partial charge in [0.2, 0.25) is 0 Å². The molecule has 1 aromatic rings. The standard InChI is InChI=1S/C9H14N2O/c1-8(2)9(12)4-7-11-6-3-5-10-11/h3,5-6,8H,4,7H2,1-2H3. The Morgan fingerprint density at radius 3 is 2.83 bits per heavy atom. The summed E-state index contributed by atoms with van der Waals surface area (Å²) >= 11 is 0. The first kappa shape index (κ1) is 8.97. The minimum Gasteiger partial charge on any atom is -0.299 e. The lowest BCUT2D eigenvalue weighted by atomic mass is 10.1. The number of Topliss-reactive ketones (excluding diaryl/α,β-unsaturated/α-hetero) is 1. The van der Waals surface area contributed by atoms with Crippen molar-refractivity contribution in [3.05, 3.63) is 18.5 Å². The lowest BCUT2D eigenvalue weighted by Crippen LogP contribution is -2.11. The Labute approximate surface area is 72.4 Å². The van der Waals surface area contributed by atoms with Crippen molar-refractivity contribution in [3.63, 3.8) is 0 Å². The Morgan fingerprint density at radius 1 is 1.58 bits per heavy atom. The maximum atomic E-state index is 11.2. The van der Waals surface area contributed by atoms with Crippen molar-refractivity contribution in [2.75, 3.05) is 0 Å². The number of ketones is 1. The van der Waals surface area contributed by atoms with Crippen molar-refractivity contribution in [2.24, 2.45) is 5.92 Å². The summed E-state index contributed by atoms with van der Waals surface area (Å²) in [6, 6.07) is 1.86. The fourth-order valence-electron chi connectivity index (χ4n) is 0.946. The third-order valence-corrected chi connectivity index (χ3v) is 1.79. The Balaban J connectivity index is 2.32. The molecule has 0 aromatic carbocycles. The number of carbonyl (C=O) groups is 1. The predicted molar refractivity (Wildman–Crippen MR) is 46.7 cm³/mol. The second kappa shape index (κ2) is 4.04. The van der Waals surface area contributed by atoms with E-state index in [0.717, 1.165) is 0 Å². The van der Waals surface area contributed by atoms with E-state index >= 15 is 0 Å². The van der Waals surface area contributed by atoms with Crippen LogP contribution in [0.1, 0.15) is 20.3 Å². The monoisotopic (exact) mass is 166 g/mol. The molecular weight excluding hydrogens is 152 g/mol. The smallest absolute Gasteiger partial charge is 0.137 e. The number of aryl methyl sites for hydroxylation is 1. The van der Waals surface area contributed by atoms with Gasteiger partial charge in [0.25, 0.3) is 0 Å². The van der Waals surface area contributed by atoms with Crippen LogP contribution < -0.4 is 0 Å². The molecule has 0 saturated carbocycles. The van der Waals surface area contributed by atoms with Crippen molar-refractivity contribution < 1.29 is 4.79 Å². The fraction of sp³-hybridized carbons (Fsp3) is 0.556. The molecule has 3 heteroatoms. The summed E-state index contributed by atoms with van der Waals surface area (Å²) in [6.07, 6.45) is 4.17. The summed E-state index contributed by atoms with van der Waals surface area (Å²) in [5.41, 5.74) is 0. The van der Waals surface area contributed by atoms with Crippen LogP contribution in [0.5, 0.6) is 0 Å². The molecule has 0 aliphatic heterocycles. The van der Waals surface area contributed by atoms with E-state index in [-0.39, 0.29) is 5.92 Å². The van der Waals surface area contributed by atoms with Gasteiger partial charge in [0, 0.05) is 31.3 Å². The summed E-state index contributed by atoms with van der Waals surface area (Å²) < 4.78 is 1.78. The second-order valence-electron chi connectivity index (χ2n) is 3.14. The Morgan fingerprint density at radius 2 is 2.33 bits per heavy atom. The van der Waals surface area contributed by atoms with Gasteiger partial charge in [-0.15, -0.1) is 0 Å². The van der Waals surface area contributed by atoms with Gasteiger partial charge in [-0.1, -0.05) is 13.8 Å². The van der Waals surface area contributed by atoms with Gasteiger partial charge in [0.05, 0.1) is 0 Å². The van der Waals surface area contributed by atoms with Crippen LogP contribution in [0.3, 0.4) is 0 Å². The molecule has 0 unspecified atom stereocenters. The normalized spacial score (nSPS) is 10.6. The van der Waals surface area contributed by atoms with E-state index in [0.29, 0.717) is 18.7 Å². The third-order valence-electron chi connectivity index (χ3n) is 1.79. The molecule has 0 aliphatic carbocycles. The number of hydrogen-bond acceptors (Lipinski definition) is 2. The van der Waals surface area contributed by atoms with Crippen molar-refractivity contribution in [3.8, 4) is 0 Å². The molecule has 66 valence electrons. The van der Waals surface area contributed by atoms with Crippen LogP contribution in [-0.2, 0) is 11.3 Å². The lowest BCUT2D eigenvalue weighted by Gasteiger charge is -2.03. The van der Waals surface area contributed by atoms with Crippen LogP contribution >= 0.6 is 0 Å². The molecule has 0 radical (unpaired) electrons. The fourth-order valence-corrected chi connectivity index (χ4v) is 0.946. The van der Waals surface area contributed by atoms with Gasteiger partial charge in [0.1, 0.15) is 5.78 Å². The SMILES string of the molecule is CC(C)C(=O)CCn1cccn1. The van der Waals surface area contributed by atoms with Crippen LogP contribution in [0.25, 0.3) is 0 Å². The van der Waals surface area contributed by atoms with Crippen molar-refractivity contribution >= 4 is 5.78 Å². The number of hydrogen-bond donors (Lipinski definition) is 0. The maximum absolute atomic E-state index is 11.2. The first-order valence-corrected chi connectivity index (χ1v) is 4.20. The summed E-state index contributed by atoms with van der Waals surface area (Å²) in [6.45, 7) is 4.54. The van der Waals surface area contributed by atoms with Gasteiger partial charge in [-0.05, 0) is 6.07 Å². The Hall–Kier alpha value is -1.12.